The Bertz CT molecular complexity index is 1480. The van der Waals surface area contributed by atoms with Crippen molar-refractivity contribution in [2.45, 2.75) is 13.1 Å². The number of anilines is 1. The SMILES string of the molecule is Cc1ccc(NC(=O)c2cccc(C(F)(F)F)c2)cc1-n1cc(-c2cncc(OCCN3CCOCC3)c2)cn1. The molecule has 0 saturated carbocycles. The minimum atomic E-state index is -4.53. The van der Waals surface area contributed by atoms with Gasteiger partial charge in [0.1, 0.15) is 12.4 Å². The lowest BCUT2D eigenvalue weighted by Gasteiger charge is -2.26. The third-order valence-corrected chi connectivity index (χ3v) is 6.57. The Labute approximate surface area is 229 Å². The Balaban J connectivity index is 1.28. The highest BCUT2D eigenvalue weighted by Crippen LogP contribution is 2.30. The number of carbonyl (C=O) groups is 1. The predicted molar refractivity (Wildman–Crippen MR) is 144 cm³/mol. The van der Waals surface area contributed by atoms with E-state index >= 15 is 0 Å². The van der Waals surface area contributed by atoms with Crippen molar-refractivity contribution < 1.29 is 27.4 Å². The Kier molecular flexibility index (Phi) is 8.13. The molecule has 0 unspecified atom stereocenters. The largest absolute Gasteiger partial charge is 0.491 e. The molecule has 5 rings (SSSR count). The number of hydrogen-bond acceptors (Lipinski definition) is 6. The quantitative estimate of drug-likeness (QED) is 0.323. The van der Waals surface area contributed by atoms with Crippen LogP contribution in [-0.2, 0) is 10.9 Å². The summed E-state index contributed by atoms with van der Waals surface area (Å²) in [4.78, 5) is 19.3. The maximum atomic E-state index is 13.1. The van der Waals surface area contributed by atoms with Gasteiger partial charge in [-0.2, -0.15) is 18.3 Å². The van der Waals surface area contributed by atoms with Crippen LogP contribution >= 0.6 is 0 Å². The van der Waals surface area contributed by atoms with Gasteiger partial charge in [-0.1, -0.05) is 12.1 Å². The third kappa shape index (κ3) is 6.67. The van der Waals surface area contributed by atoms with E-state index in [1.54, 1.807) is 35.4 Å². The zero-order valence-corrected chi connectivity index (χ0v) is 21.8. The molecule has 1 saturated heterocycles. The number of rotatable bonds is 8. The van der Waals surface area contributed by atoms with Gasteiger partial charge < -0.3 is 14.8 Å². The molecule has 0 aliphatic carbocycles. The molecule has 1 aliphatic rings. The van der Waals surface area contributed by atoms with Gasteiger partial charge in [0.2, 0.25) is 0 Å². The second-order valence-electron chi connectivity index (χ2n) is 9.42. The highest BCUT2D eigenvalue weighted by atomic mass is 19.4. The van der Waals surface area contributed by atoms with E-state index in [2.05, 4.69) is 20.3 Å². The van der Waals surface area contributed by atoms with Crippen LogP contribution in [0.1, 0.15) is 21.5 Å². The molecule has 8 nitrogen and oxygen atoms in total. The normalized spacial score (nSPS) is 14.2. The summed E-state index contributed by atoms with van der Waals surface area (Å²) in [6, 6.07) is 11.4. The number of pyridine rings is 1. The summed E-state index contributed by atoms with van der Waals surface area (Å²) in [5, 5.41) is 7.16. The Morgan fingerprint density at radius 3 is 2.67 bits per heavy atom. The molecule has 3 heterocycles. The number of alkyl halides is 3. The molecule has 0 spiro atoms. The van der Waals surface area contributed by atoms with Crippen LogP contribution in [0.4, 0.5) is 18.9 Å². The summed E-state index contributed by atoms with van der Waals surface area (Å²) < 4.78 is 52.1. The van der Waals surface area contributed by atoms with Crippen LogP contribution in [0.2, 0.25) is 0 Å². The highest BCUT2D eigenvalue weighted by Gasteiger charge is 2.31. The lowest BCUT2D eigenvalue weighted by atomic mass is 10.1. The number of carbonyl (C=O) groups excluding carboxylic acids is 1. The monoisotopic (exact) mass is 551 g/mol. The van der Waals surface area contributed by atoms with Gasteiger partial charge in [0.15, 0.2) is 0 Å². The van der Waals surface area contributed by atoms with Crippen LogP contribution in [0.5, 0.6) is 5.75 Å². The summed E-state index contributed by atoms with van der Waals surface area (Å²) in [5.74, 6) is 0.0209. The zero-order chi connectivity index (χ0) is 28.1. The molecule has 208 valence electrons. The minimum absolute atomic E-state index is 0.0853. The molecular weight excluding hydrogens is 523 g/mol. The number of amides is 1. The van der Waals surface area contributed by atoms with E-state index in [1.165, 1.54) is 12.1 Å². The van der Waals surface area contributed by atoms with Gasteiger partial charge in [0.05, 0.1) is 36.9 Å². The summed E-state index contributed by atoms with van der Waals surface area (Å²) in [7, 11) is 0. The molecule has 40 heavy (non-hydrogen) atoms. The van der Waals surface area contributed by atoms with Crippen molar-refractivity contribution in [1.29, 1.82) is 0 Å². The summed E-state index contributed by atoms with van der Waals surface area (Å²) in [6.07, 6.45) is 2.43. The molecule has 4 aromatic rings. The molecule has 0 radical (unpaired) electrons. The number of benzene rings is 2. The van der Waals surface area contributed by atoms with Crippen molar-refractivity contribution in [3.05, 3.63) is 90.0 Å². The summed E-state index contributed by atoms with van der Waals surface area (Å²) in [6.45, 7) is 6.54. The summed E-state index contributed by atoms with van der Waals surface area (Å²) in [5.41, 5.74) is 2.72. The van der Waals surface area contributed by atoms with Crippen LogP contribution in [0.3, 0.4) is 0 Å². The Morgan fingerprint density at radius 2 is 1.88 bits per heavy atom. The fraction of sp³-hybridized carbons (Fsp3) is 0.276. The second-order valence-corrected chi connectivity index (χ2v) is 9.42. The van der Waals surface area contributed by atoms with Crippen molar-refractivity contribution in [1.82, 2.24) is 19.7 Å². The number of halogens is 3. The number of aryl methyl sites for hydroxylation is 1. The van der Waals surface area contributed by atoms with Gasteiger partial charge in [-0.05, 0) is 48.9 Å². The van der Waals surface area contributed by atoms with Crippen LogP contribution in [0.25, 0.3) is 16.8 Å². The third-order valence-electron chi connectivity index (χ3n) is 6.57. The van der Waals surface area contributed by atoms with Crippen molar-refractivity contribution in [2.24, 2.45) is 0 Å². The molecule has 1 amide bonds. The molecule has 1 aliphatic heterocycles. The Morgan fingerprint density at radius 1 is 1.05 bits per heavy atom. The fourth-order valence-corrected chi connectivity index (χ4v) is 4.35. The Hall–Kier alpha value is -4.22. The van der Waals surface area contributed by atoms with Crippen LogP contribution in [-0.4, -0.2) is 65.0 Å². The number of nitrogens with one attached hydrogen (secondary N) is 1. The van der Waals surface area contributed by atoms with E-state index in [-0.39, 0.29) is 5.56 Å². The maximum absolute atomic E-state index is 13.1. The molecule has 0 atom stereocenters. The topological polar surface area (TPSA) is 81.5 Å². The van der Waals surface area contributed by atoms with E-state index in [0.29, 0.717) is 23.7 Å². The molecule has 0 bridgehead atoms. The lowest BCUT2D eigenvalue weighted by molar-refractivity contribution is -0.137. The van der Waals surface area contributed by atoms with Crippen LogP contribution < -0.4 is 10.1 Å². The minimum Gasteiger partial charge on any atom is -0.491 e. The first-order chi connectivity index (χ1) is 19.3. The zero-order valence-electron chi connectivity index (χ0n) is 21.8. The number of hydrogen-bond donors (Lipinski definition) is 1. The van der Waals surface area contributed by atoms with Gasteiger partial charge >= 0.3 is 6.18 Å². The van der Waals surface area contributed by atoms with Gasteiger partial charge in [-0.3, -0.25) is 14.7 Å². The first-order valence-electron chi connectivity index (χ1n) is 12.8. The van der Waals surface area contributed by atoms with Crippen molar-refractivity contribution in [3.63, 3.8) is 0 Å². The second kappa shape index (κ2) is 11.9. The maximum Gasteiger partial charge on any atom is 0.416 e. The molecular formula is C29H28F3N5O3. The number of ether oxygens (including phenoxy) is 2. The van der Waals surface area contributed by atoms with Gasteiger partial charge in [0.25, 0.3) is 5.91 Å². The lowest BCUT2D eigenvalue weighted by Crippen LogP contribution is -2.38. The van der Waals surface area contributed by atoms with E-state index in [0.717, 1.165) is 61.7 Å². The van der Waals surface area contributed by atoms with Gasteiger partial charge in [-0.15, -0.1) is 0 Å². The predicted octanol–water partition coefficient (Wildman–Crippen LogP) is 5.22. The van der Waals surface area contributed by atoms with Crippen LogP contribution in [0, 0.1) is 6.92 Å². The van der Waals surface area contributed by atoms with Gasteiger partial charge in [0, 0.05) is 54.4 Å². The van der Waals surface area contributed by atoms with E-state index in [9.17, 15) is 18.0 Å². The van der Waals surface area contributed by atoms with Gasteiger partial charge in [-0.25, -0.2) is 4.68 Å². The summed E-state index contributed by atoms with van der Waals surface area (Å²) >= 11 is 0. The number of nitrogens with zero attached hydrogens (tertiary/aromatic N) is 4. The average Bonchev–Trinajstić information content (AvgIpc) is 3.45. The molecule has 1 N–H and O–H groups in total. The van der Waals surface area contributed by atoms with E-state index in [4.69, 9.17) is 9.47 Å². The molecule has 1 fully saturated rings. The smallest absolute Gasteiger partial charge is 0.416 e. The fourth-order valence-electron chi connectivity index (χ4n) is 4.35. The number of aromatic nitrogens is 3. The van der Waals surface area contributed by atoms with Crippen LogP contribution in [0.15, 0.2) is 73.3 Å². The molecule has 11 heteroatoms. The average molecular weight is 552 g/mol. The first-order valence-corrected chi connectivity index (χ1v) is 12.8. The van der Waals surface area contributed by atoms with E-state index < -0.39 is 17.6 Å². The molecule has 2 aromatic carbocycles. The highest BCUT2D eigenvalue weighted by molar-refractivity contribution is 6.04. The van der Waals surface area contributed by atoms with Crippen molar-refractivity contribution in [3.8, 4) is 22.6 Å². The molecule has 2 aromatic heterocycles. The van der Waals surface area contributed by atoms with E-state index in [1.807, 2.05) is 25.3 Å². The standard InChI is InChI=1S/C29H28F3N5O3/c1-20-5-6-25(35-28(38)21-3-2-4-24(13-21)29(30,31)32)15-27(20)37-19-23(17-34-37)22-14-26(18-33-16-22)40-12-9-36-7-10-39-11-8-36/h2-6,13-19H,7-12H2,1H3,(H,35,38). The first kappa shape index (κ1) is 27.4. The van der Waals surface area contributed by atoms with Crippen molar-refractivity contribution in [2.75, 3.05) is 44.8 Å². The number of morpholine rings is 1. The van der Waals surface area contributed by atoms with Crippen molar-refractivity contribution >= 4 is 11.6 Å².